The maximum atomic E-state index is 12.2. The lowest BCUT2D eigenvalue weighted by molar-refractivity contribution is -0.129. The number of hydrogen-bond acceptors (Lipinski definition) is 6. The first-order valence-electron chi connectivity index (χ1n) is 7.18. The molecule has 1 saturated heterocycles. The summed E-state index contributed by atoms with van der Waals surface area (Å²) in [4.78, 5) is 31.1. The number of piperazine rings is 1. The average molecular weight is 375 g/mol. The molecule has 0 spiro atoms. The number of amides is 1. The molecule has 0 saturated carbocycles. The van der Waals surface area contributed by atoms with Crippen molar-refractivity contribution in [2.24, 2.45) is 0 Å². The lowest BCUT2D eigenvalue weighted by Gasteiger charge is -2.31. The first-order chi connectivity index (χ1) is 10.6. The number of thiazole rings is 1. The van der Waals surface area contributed by atoms with Gasteiger partial charge in [-0.2, -0.15) is 0 Å². The van der Waals surface area contributed by atoms with Crippen LogP contribution < -0.4 is 10.9 Å². The summed E-state index contributed by atoms with van der Waals surface area (Å²) in [6.07, 6.45) is 1.72. The average Bonchev–Trinajstić information content (AvgIpc) is 2.96. The second-order valence-corrected chi connectivity index (χ2v) is 7.19. The fraction of sp³-hybridized carbons (Fsp3) is 0.500. The normalized spacial score (nSPS) is 18.0. The molecule has 0 bridgehead atoms. The monoisotopic (exact) mass is 374 g/mol. The first kappa shape index (κ1) is 18.3. The van der Waals surface area contributed by atoms with Crippen molar-refractivity contribution in [1.29, 1.82) is 0 Å². The molecular weight excluding hydrogens is 356 g/mol. The molecule has 0 radical (unpaired) electrons. The van der Waals surface area contributed by atoms with Crippen molar-refractivity contribution in [3.8, 4) is 0 Å². The highest BCUT2D eigenvalue weighted by atomic mass is 35.5. The number of hydrogen-bond donors (Lipinski definition) is 1. The molecule has 3 rings (SSSR count). The Morgan fingerprint density at radius 2 is 2.39 bits per heavy atom. The molecule has 2 aromatic heterocycles. The van der Waals surface area contributed by atoms with Crippen molar-refractivity contribution < 1.29 is 4.79 Å². The minimum atomic E-state index is -0.0656. The summed E-state index contributed by atoms with van der Waals surface area (Å²) < 4.78 is 1.53. The Morgan fingerprint density at radius 1 is 1.57 bits per heavy atom. The lowest BCUT2D eigenvalue weighted by Crippen LogP contribution is -2.51. The molecule has 1 atom stereocenters. The van der Waals surface area contributed by atoms with E-state index in [9.17, 15) is 9.59 Å². The Morgan fingerprint density at radius 3 is 3.17 bits per heavy atom. The van der Waals surface area contributed by atoms with Crippen molar-refractivity contribution in [1.82, 2.24) is 19.6 Å². The van der Waals surface area contributed by atoms with Crippen LogP contribution in [0.2, 0.25) is 0 Å². The molecule has 1 amide bonds. The standard InChI is InChI=1S/C14H18N4O2S2.ClH/c1-10-7-17(3-2-15-10)13(20)9-21-8-11-6-12(19)18-4-5-22-14(18)16-11;/h4-6,10,15H,2-3,7-9H2,1H3;1H. The molecule has 0 aromatic carbocycles. The van der Waals surface area contributed by atoms with E-state index in [4.69, 9.17) is 0 Å². The van der Waals surface area contributed by atoms with E-state index in [-0.39, 0.29) is 23.9 Å². The van der Waals surface area contributed by atoms with Crippen molar-refractivity contribution in [2.75, 3.05) is 25.4 Å². The van der Waals surface area contributed by atoms with Gasteiger partial charge in [-0.05, 0) is 6.92 Å². The number of carbonyl (C=O) groups is 1. The number of nitrogens with zero attached hydrogens (tertiary/aromatic N) is 3. The van der Waals surface area contributed by atoms with Gasteiger partial charge in [0.1, 0.15) is 0 Å². The number of aromatic nitrogens is 2. The molecule has 9 heteroatoms. The summed E-state index contributed by atoms with van der Waals surface area (Å²) in [6.45, 7) is 4.47. The Bertz CT molecular complexity index is 733. The first-order valence-corrected chi connectivity index (χ1v) is 9.21. The number of nitrogens with one attached hydrogen (secondary N) is 1. The molecule has 1 fully saturated rings. The van der Waals surface area contributed by atoms with Crippen molar-refractivity contribution in [3.63, 3.8) is 0 Å². The Hall–Kier alpha value is -1.09. The molecule has 3 heterocycles. The third-order valence-corrected chi connectivity index (χ3v) is 5.26. The van der Waals surface area contributed by atoms with E-state index in [1.807, 2.05) is 10.3 Å². The van der Waals surface area contributed by atoms with Gasteiger partial charge in [0.2, 0.25) is 5.91 Å². The molecule has 23 heavy (non-hydrogen) atoms. The van der Waals surface area contributed by atoms with Crippen molar-refractivity contribution >= 4 is 46.4 Å². The minimum Gasteiger partial charge on any atom is -0.339 e. The van der Waals surface area contributed by atoms with Gasteiger partial charge in [0.15, 0.2) is 4.96 Å². The predicted octanol–water partition coefficient (Wildman–Crippen LogP) is 1.23. The number of rotatable bonds is 4. The van der Waals surface area contributed by atoms with E-state index < -0.39 is 0 Å². The molecule has 1 aliphatic rings. The Kier molecular flexibility index (Phi) is 6.46. The molecule has 6 nitrogen and oxygen atoms in total. The summed E-state index contributed by atoms with van der Waals surface area (Å²) in [6, 6.07) is 1.90. The van der Waals surface area contributed by atoms with Gasteiger partial charge < -0.3 is 10.2 Å². The maximum Gasteiger partial charge on any atom is 0.258 e. The minimum absolute atomic E-state index is 0. The highest BCUT2D eigenvalue weighted by molar-refractivity contribution is 7.99. The smallest absolute Gasteiger partial charge is 0.258 e. The maximum absolute atomic E-state index is 12.2. The summed E-state index contributed by atoms with van der Waals surface area (Å²) in [5.74, 6) is 1.17. The van der Waals surface area contributed by atoms with Crippen molar-refractivity contribution in [3.05, 3.63) is 33.7 Å². The van der Waals surface area contributed by atoms with Crippen LogP contribution in [-0.4, -0.2) is 51.6 Å². The zero-order valence-electron chi connectivity index (χ0n) is 12.7. The zero-order valence-corrected chi connectivity index (χ0v) is 15.2. The van der Waals surface area contributed by atoms with Crippen LogP contribution >= 0.6 is 35.5 Å². The molecule has 126 valence electrons. The van der Waals surface area contributed by atoms with Gasteiger partial charge in [-0.25, -0.2) is 4.98 Å². The van der Waals surface area contributed by atoms with E-state index in [2.05, 4.69) is 17.2 Å². The summed E-state index contributed by atoms with van der Waals surface area (Å²) >= 11 is 2.95. The van der Waals surface area contributed by atoms with E-state index in [1.54, 1.807) is 12.3 Å². The van der Waals surface area contributed by atoms with Gasteiger partial charge in [0.25, 0.3) is 5.56 Å². The molecule has 0 aliphatic carbocycles. The van der Waals surface area contributed by atoms with Crippen LogP contribution in [0.15, 0.2) is 22.4 Å². The lowest BCUT2D eigenvalue weighted by atomic mass is 10.2. The van der Waals surface area contributed by atoms with Crippen LogP contribution in [0.5, 0.6) is 0 Å². The summed E-state index contributed by atoms with van der Waals surface area (Å²) in [5, 5.41) is 5.17. The largest absolute Gasteiger partial charge is 0.339 e. The Balaban J connectivity index is 0.00000192. The van der Waals surface area contributed by atoms with Crippen LogP contribution in [-0.2, 0) is 10.5 Å². The zero-order chi connectivity index (χ0) is 15.5. The number of halogens is 1. The molecule has 1 unspecified atom stereocenters. The fourth-order valence-corrected chi connectivity index (χ4v) is 4.01. The SMILES string of the molecule is CC1CN(C(=O)CSCc2cc(=O)n3ccsc3n2)CCN1.Cl. The quantitative estimate of drug-likeness (QED) is 0.871. The van der Waals surface area contributed by atoms with E-state index in [0.29, 0.717) is 22.5 Å². The third-order valence-electron chi connectivity index (χ3n) is 3.55. The number of fused-ring (bicyclic) bond motifs is 1. The number of thioether (sulfide) groups is 1. The topological polar surface area (TPSA) is 66.7 Å². The highest BCUT2D eigenvalue weighted by Crippen LogP contribution is 2.13. The number of carbonyl (C=O) groups excluding carboxylic acids is 1. The Labute approximate surface area is 148 Å². The van der Waals surface area contributed by atoms with E-state index >= 15 is 0 Å². The van der Waals surface area contributed by atoms with E-state index in [1.165, 1.54) is 27.5 Å². The van der Waals surface area contributed by atoms with Gasteiger partial charge in [-0.3, -0.25) is 14.0 Å². The fourth-order valence-electron chi connectivity index (χ4n) is 2.45. The predicted molar refractivity (Wildman–Crippen MR) is 96.8 cm³/mol. The van der Waals surface area contributed by atoms with Gasteiger partial charge >= 0.3 is 0 Å². The van der Waals surface area contributed by atoms with Crippen LogP contribution in [0, 0.1) is 0 Å². The second kappa shape index (κ2) is 8.14. The van der Waals surface area contributed by atoms with Gasteiger partial charge in [0, 0.05) is 49.1 Å². The molecule has 1 N–H and O–H groups in total. The molecule has 2 aromatic rings. The van der Waals surface area contributed by atoms with Crippen LogP contribution in [0.25, 0.3) is 4.96 Å². The third kappa shape index (κ3) is 4.47. The van der Waals surface area contributed by atoms with Crippen molar-refractivity contribution in [2.45, 2.75) is 18.7 Å². The molecule has 1 aliphatic heterocycles. The van der Waals surface area contributed by atoms with Crippen LogP contribution in [0.3, 0.4) is 0 Å². The molecular formula is C14H19ClN4O2S2. The van der Waals surface area contributed by atoms with Crippen LogP contribution in [0.4, 0.5) is 0 Å². The van der Waals surface area contributed by atoms with Gasteiger partial charge in [0.05, 0.1) is 11.4 Å². The van der Waals surface area contributed by atoms with Gasteiger partial charge in [-0.1, -0.05) is 0 Å². The van der Waals surface area contributed by atoms with E-state index in [0.717, 1.165) is 25.3 Å². The van der Waals surface area contributed by atoms with Crippen LogP contribution in [0.1, 0.15) is 12.6 Å². The van der Waals surface area contributed by atoms with Gasteiger partial charge in [-0.15, -0.1) is 35.5 Å². The summed E-state index contributed by atoms with van der Waals surface area (Å²) in [7, 11) is 0. The second-order valence-electron chi connectivity index (χ2n) is 5.33. The summed E-state index contributed by atoms with van der Waals surface area (Å²) in [5.41, 5.74) is 0.669. The highest BCUT2D eigenvalue weighted by Gasteiger charge is 2.20.